The molecule has 0 spiro atoms. The van der Waals surface area contributed by atoms with Crippen LogP contribution in [-0.2, 0) is 4.79 Å². The lowest BCUT2D eigenvalue weighted by molar-refractivity contribution is -0.122. The summed E-state index contributed by atoms with van der Waals surface area (Å²) in [6.45, 7) is 4.02. The maximum atomic E-state index is 12.8. The molecule has 0 saturated carbocycles. The van der Waals surface area contributed by atoms with Crippen molar-refractivity contribution in [3.05, 3.63) is 59.6 Å². The molecule has 7 heteroatoms. The van der Waals surface area contributed by atoms with Crippen molar-refractivity contribution in [3.63, 3.8) is 0 Å². The number of para-hydroxylation sites is 1. The van der Waals surface area contributed by atoms with Gasteiger partial charge in [0.1, 0.15) is 11.7 Å². The van der Waals surface area contributed by atoms with Crippen LogP contribution in [-0.4, -0.2) is 34.2 Å². The molecule has 0 aliphatic heterocycles. The van der Waals surface area contributed by atoms with E-state index in [9.17, 15) is 9.59 Å². The van der Waals surface area contributed by atoms with Crippen LogP contribution in [0.15, 0.2) is 54.0 Å². The number of hydrogen-bond donors (Lipinski definition) is 2. The molecule has 0 aliphatic rings. The molecule has 0 unspecified atom stereocenters. The van der Waals surface area contributed by atoms with Gasteiger partial charge in [-0.15, -0.1) is 11.3 Å². The molecular weight excluding hydrogens is 348 g/mol. The summed E-state index contributed by atoms with van der Waals surface area (Å²) < 4.78 is 1.68. The smallest absolute Gasteiger partial charge is 0.255 e. The number of carbonyl (C=O) groups is 2. The van der Waals surface area contributed by atoms with Crippen LogP contribution in [0.1, 0.15) is 24.2 Å². The van der Waals surface area contributed by atoms with Gasteiger partial charge < -0.3 is 10.6 Å². The molecule has 0 saturated heterocycles. The number of amides is 2. The van der Waals surface area contributed by atoms with Crippen molar-refractivity contribution in [1.82, 2.24) is 20.4 Å². The predicted octanol–water partition coefficient (Wildman–Crippen LogP) is 2.86. The van der Waals surface area contributed by atoms with E-state index in [1.807, 2.05) is 54.8 Å². The molecule has 2 N–H and O–H groups in total. The number of nitrogens with one attached hydrogen (secondary N) is 2. The van der Waals surface area contributed by atoms with Gasteiger partial charge in [-0.1, -0.05) is 24.3 Å². The molecule has 1 atom stereocenters. The zero-order valence-corrected chi connectivity index (χ0v) is 15.4. The third kappa shape index (κ3) is 3.83. The molecule has 1 aromatic carbocycles. The summed E-state index contributed by atoms with van der Waals surface area (Å²) in [5.41, 5.74) is 1.90. The van der Waals surface area contributed by atoms with Crippen molar-refractivity contribution in [2.24, 2.45) is 0 Å². The van der Waals surface area contributed by atoms with Crippen LogP contribution < -0.4 is 10.6 Å². The molecule has 0 radical (unpaired) electrons. The first kappa shape index (κ1) is 17.9. The van der Waals surface area contributed by atoms with Crippen molar-refractivity contribution in [2.45, 2.75) is 19.9 Å². The van der Waals surface area contributed by atoms with Gasteiger partial charge in [0.15, 0.2) is 0 Å². The van der Waals surface area contributed by atoms with Crippen LogP contribution in [0, 0.1) is 0 Å². The van der Waals surface area contributed by atoms with Gasteiger partial charge >= 0.3 is 0 Å². The third-order valence-electron chi connectivity index (χ3n) is 3.83. The van der Waals surface area contributed by atoms with Crippen LogP contribution in [0.2, 0.25) is 0 Å². The molecule has 0 aliphatic carbocycles. The van der Waals surface area contributed by atoms with E-state index in [4.69, 9.17) is 0 Å². The van der Waals surface area contributed by atoms with Gasteiger partial charge in [0, 0.05) is 12.7 Å². The molecule has 2 amide bonds. The summed E-state index contributed by atoms with van der Waals surface area (Å²) in [5, 5.41) is 12.0. The zero-order valence-electron chi connectivity index (χ0n) is 14.6. The minimum Gasteiger partial charge on any atom is -0.355 e. The fraction of sp³-hybridized carbons (Fsp3) is 0.211. The molecule has 6 nitrogen and oxygen atoms in total. The van der Waals surface area contributed by atoms with Gasteiger partial charge in [-0.3, -0.25) is 9.59 Å². The molecule has 134 valence electrons. The van der Waals surface area contributed by atoms with Crippen molar-refractivity contribution < 1.29 is 9.59 Å². The minimum absolute atomic E-state index is 0.214. The van der Waals surface area contributed by atoms with E-state index in [1.54, 1.807) is 17.8 Å². The van der Waals surface area contributed by atoms with E-state index in [-0.39, 0.29) is 11.8 Å². The number of hydrogen-bond acceptors (Lipinski definition) is 4. The molecule has 3 aromatic rings. The summed E-state index contributed by atoms with van der Waals surface area (Å²) in [7, 11) is 0. The van der Waals surface area contributed by atoms with Crippen molar-refractivity contribution in [2.75, 3.05) is 6.54 Å². The summed E-state index contributed by atoms with van der Waals surface area (Å²) in [4.78, 5) is 25.6. The van der Waals surface area contributed by atoms with Gasteiger partial charge in [-0.05, 0) is 37.4 Å². The Bertz CT molecular complexity index is 888. The highest BCUT2D eigenvalue weighted by Crippen LogP contribution is 2.27. The lowest BCUT2D eigenvalue weighted by Crippen LogP contribution is -2.44. The number of nitrogens with zero attached hydrogens (tertiary/aromatic N) is 2. The Morgan fingerprint density at radius 3 is 2.62 bits per heavy atom. The zero-order chi connectivity index (χ0) is 18.5. The second-order valence-corrected chi connectivity index (χ2v) is 6.69. The van der Waals surface area contributed by atoms with Gasteiger partial charge in [0.05, 0.1) is 16.1 Å². The largest absolute Gasteiger partial charge is 0.355 e. The number of likely N-dealkylation sites (N-methyl/N-ethyl adjacent to an activating group) is 1. The Balaban J connectivity index is 1.93. The fourth-order valence-electron chi connectivity index (χ4n) is 2.52. The van der Waals surface area contributed by atoms with E-state index < -0.39 is 6.04 Å². The number of rotatable bonds is 6. The summed E-state index contributed by atoms with van der Waals surface area (Å²) >= 11 is 1.51. The SMILES string of the molecule is CCNC(=O)[C@H](C)NC(=O)c1cn(-c2ccccc2)nc1-c1cccs1. The van der Waals surface area contributed by atoms with E-state index in [2.05, 4.69) is 15.7 Å². The minimum atomic E-state index is -0.626. The number of thiophene rings is 1. The highest BCUT2D eigenvalue weighted by Gasteiger charge is 2.22. The number of aromatic nitrogens is 2. The van der Waals surface area contributed by atoms with Gasteiger partial charge in [-0.2, -0.15) is 5.10 Å². The maximum absolute atomic E-state index is 12.8. The van der Waals surface area contributed by atoms with E-state index in [1.165, 1.54) is 11.3 Å². The summed E-state index contributed by atoms with van der Waals surface area (Å²) in [5.74, 6) is -0.539. The first-order valence-corrected chi connectivity index (χ1v) is 9.25. The average Bonchev–Trinajstić information content (AvgIpc) is 3.32. The monoisotopic (exact) mass is 368 g/mol. The van der Waals surface area contributed by atoms with Crippen molar-refractivity contribution in [1.29, 1.82) is 0 Å². The van der Waals surface area contributed by atoms with Crippen LogP contribution in [0.5, 0.6) is 0 Å². The molecule has 26 heavy (non-hydrogen) atoms. The van der Waals surface area contributed by atoms with Crippen LogP contribution in [0.3, 0.4) is 0 Å². The third-order valence-corrected chi connectivity index (χ3v) is 4.70. The lowest BCUT2D eigenvalue weighted by atomic mass is 10.2. The van der Waals surface area contributed by atoms with Gasteiger partial charge in [-0.25, -0.2) is 4.68 Å². The Hall–Kier alpha value is -2.93. The quantitative estimate of drug-likeness (QED) is 0.702. The van der Waals surface area contributed by atoms with Crippen LogP contribution in [0.4, 0.5) is 0 Å². The van der Waals surface area contributed by atoms with E-state index >= 15 is 0 Å². The number of benzene rings is 1. The van der Waals surface area contributed by atoms with E-state index in [0.717, 1.165) is 10.6 Å². The van der Waals surface area contributed by atoms with E-state index in [0.29, 0.717) is 17.8 Å². The predicted molar refractivity (Wildman–Crippen MR) is 102 cm³/mol. The fourth-order valence-corrected chi connectivity index (χ4v) is 3.24. The second-order valence-electron chi connectivity index (χ2n) is 5.74. The van der Waals surface area contributed by atoms with Crippen LogP contribution >= 0.6 is 11.3 Å². The molecule has 2 heterocycles. The molecule has 0 bridgehead atoms. The Morgan fingerprint density at radius 2 is 1.96 bits per heavy atom. The molecule has 2 aromatic heterocycles. The molecular formula is C19H20N4O2S. The van der Waals surface area contributed by atoms with Crippen LogP contribution in [0.25, 0.3) is 16.3 Å². The topological polar surface area (TPSA) is 76.0 Å². The van der Waals surface area contributed by atoms with Gasteiger partial charge in [0.25, 0.3) is 5.91 Å². The van der Waals surface area contributed by atoms with Crippen molar-refractivity contribution >= 4 is 23.2 Å². The lowest BCUT2D eigenvalue weighted by Gasteiger charge is -2.13. The second kappa shape index (κ2) is 7.97. The van der Waals surface area contributed by atoms with Gasteiger partial charge in [0.2, 0.25) is 5.91 Å². The Morgan fingerprint density at radius 1 is 1.19 bits per heavy atom. The standard InChI is InChI=1S/C19H20N4O2S/c1-3-20-18(24)13(2)21-19(25)15-12-23(14-8-5-4-6-9-14)22-17(15)16-10-7-11-26-16/h4-13H,3H2,1-2H3,(H,20,24)(H,21,25)/t13-/m0/s1. The Kier molecular flexibility index (Phi) is 5.48. The first-order valence-electron chi connectivity index (χ1n) is 8.37. The maximum Gasteiger partial charge on any atom is 0.255 e. The average molecular weight is 368 g/mol. The van der Waals surface area contributed by atoms with Crippen molar-refractivity contribution in [3.8, 4) is 16.3 Å². The highest BCUT2D eigenvalue weighted by atomic mass is 32.1. The highest BCUT2D eigenvalue weighted by molar-refractivity contribution is 7.13. The normalized spacial score (nSPS) is 11.8. The number of carbonyl (C=O) groups excluding carboxylic acids is 2. The molecule has 3 rings (SSSR count). The Labute approximate surface area is 155 Å². The molecule has 0 fully saturated rings. The summed E-state index contributed by atoms with van der Waals surface area (Å²) in [6, 6.07) is 12.8. The summed E-state index contributed by atoms with van der Waals surface area (Å²) in [6.07, 6.45) is 1.70. The first-order chi connectivity index (χ1) is 12.6.